The summed E-state index contributed by atoms with van der Waals surface area (Å²) in [5.41, 5.74) is 9.52. The molecule has 1 aromatic rings. The second-order valence-electron chi connectivity index (χ2n) is 5.18. The van der Waals surface area contributed by atoms with E-state index in [1.54, 1.807) is 6.08 Å². The highest BCUT2D eigenvalue weighted by Gasteiger charge is 2.37. The number of hydrogen-bond acceptors (Lipinski definition) is 3. The summed E-state index contributed by atoms with van der Waals surface area (Å²) in [5, 5.41) is 9.97. The molecule has 2 aliphatic rings. The predicted molar refractivity (Wildman–Crippen MR) is 82.1 cm³/mol. The maximum atomic E-state index is 11.9. The lowest BCUT2D eigenvalue weighted by molar-refractivity contribution is -0.122. The van der Waals surface area contributed by atoms with Crippen LogP contribution in [0.25, 0.3) is 5.57 Å². The number of ketones is 1. The van der Waals surface area contributed by atoms with Gasteiger partial charge in [-0.2, -0.15) is 0 Å². The van der Waals surface area contributed by atoms with Crippen molar-refractivity contribution in [2.45, 2.75) is 18.9 Å². The van der Waals surface area contributed by atoms with Crippen molar-refractivity contribution in [1.29, 1.82) is 0 Å². The van der Waals surface area contributed by atoms with E-state index >= 15 is 0 Å². The third kappa shape index (κ3) is 2.11. The number of carbonyl (C=O) groups excluding carboxylic acids is 1. The molecule has 2 unspecified atom stereocenters. The molecule has 0 heterocycles. The average Bonchev–Trinajstić information content (AvgIpc) is 2.82. The summed E-state index contributed by atoms with van der Waals surface area (Å²) in [5.74, 6) is -0.247. The minimum Gasteiger partial charge on any atom is -0.389 e. The molecule has 2 aliphatic carbocycles. The van der Waals surface area contributed by atoms with E-state index in [0.717, 1.165) is 28.7 Å². The zero-order valence-corrected chi connectivity index (χ0v) is 11.7. The van der Waals surface area contributed by atoms with Gasteiger partial charge in [-0.05, 0) is 29.2 Å². The van der Waals surface area contributed by atoms with Gasteiger partial charge in [0.05, 0.1) is 12.0 Å². The van der Waals surface area contributed by atoms with E-state index in [1.165, 1.54) is 0 Å². The lowest BCUT2D eigenvalue weighted by Gasteiger charge is -2.23. The van der Waals surface area contributed by atoms with Crippen molar-refractivity contribution in [2.75, 3.05) is 0 Å². The number of carbonyl (C=O) groups is 1. The van der Waals surface area contributed by atoms with Crippen LogP contribution in [0.3, 0.4) is 0 Å². The van der Waals surface area contributed by atoms with Crippen LogP contribution in [-0.4, -0.2) is 22.0 Å². The molecule has 0 saturated heterocycles. The first kappa shape index (κ1) is 13.2. The van der Waals surface area contributed by atoms with Crippen molar-refractivity contribution < 1.29 is 9.90 Å². The Bertz CT molecular complexity index is 660. The van der Waals surface area contributed by atoms with Crippen molar-refractivity contribution in [3.8, 4) is 0 Å². The molecular weight excluding hydrogens is 270 g/mol. The van der Waals surface area contributed by atoms with Gasteiger partial charge < -0.3 is 10.8 Å². The van der Waals surface area contributed by atoms with Crippen LogP contribution in [0.4, 0.5) is 0 Å². The molecular formula is C16H15NO2S. The Kier molecular flexibility index (Phi) is 3.28. The van der Waals surface area contributed by atoms with E-state index in [1.807, 2.05) is 30.3 Å². The first-order valence-corrected chi connectivity index (χ1v) is 7.01. The number of nitrogens with two attached hydrogens (primary N) is 1. The Hall–Kier alpha value is -1.78. The van der Waals surface area contributed by atoms with Crippen LogP contribution in [0.5, 0.6) is 0 Å². The minimum atomic E-state index is -0.692. The third-order valence-corrected chi connectivity index (χ3v) is 4.20. The second kappa shape index (κ2) is 4.96. The van der Waals surface area contributed by atoms with Gasteiger partial charge in [0.1, 0.15) is 10.8 Å². The van der Waals surface area contributed by atoms with Crippen LogP contribution >= 0.6 is 12.2 Å². The summed E-state index contributed by atoms with van der Waals surface area (Å²) in [6.07, 6.45) is 4.13. The van der Waals surface area contributed by atoms with Gasteiger partial charge in [-0.1, -0.05) is 42.6 Å². The van der Waals surface area contributed by atoms with Crippen molar-refractivity contribution in [1.82, 2.24) is 0 Å². The smallest absolute Gasteiger partial charge is 0.143 e. The van der Waals surface area contributed by atoms with Crippen LogP contribution < -0.4 is 5.73 Å². The summed E-state index contributed by atoms with van der Waals surface area (Å²) in [6, 6.07) is 7.69. The maximum absolute atomic E-state index is 11.9. The average molecular weight is 285 g/mol. The van der Waals surface area contributed by atoms with E-state index in [-0.39, 0.29) is 11.7 Å². The number of hydrogen-bond donors (Lipinski definition) is 2. The van der Waals surface area contributed by atoms with Gasteiger partial charge in [-0.15, -0.1) is 0 Å². The number of Topliss-reactive ketones (excluding diaryl/α,β-unsaturated/α-hetero) is 1. The zero-order chi connectivity index (χ0) is 14.3. The molecule has 4 heteroatoms. The van der Waals surface area contributed by atoms with Crippen LogP contribution in [0, 0.1) is 5.92 Å². The summed E-state index contributed by atoms with van der Waals surface area (Å²) in [7, 11) is 0. The fourth-order valence-corrected chi connectivity index (χ4v) is 3.12. The van der Waals surface area contributed by atoms with Gasteiger partial charge in [0.25, 0.3) is 0 Å². The Morgan fingerprint density at radius 2 is 2.15 bits per heavy atom. The molecule has 1 aromatic carbocycles. The van der Waals surface area contributed by atoms with E-state index in [4.69, 9.17) is 18.0 Å². The Morgan fingerprint density at radius 1 is 1.35 bits per heavy atom. The highest BCUT2D eigenvalue weighted by Crippen LogP contribution is 2.40. The number of allylic oxidation sites excluding steroid dienone is 2. The monoisotopic (exact) mass is 285 g/mol. The molecule has 1 fully saturated rings. The Balaban J connectivity index is 2.10. The molecule has 102 valence electrons. The van der Waals surface area contributed by atoms with Crippen molar-refractivity contribution in [3.05, 3.63) is 53.1 Å². The molecule has 0 aromatic heterocycles. The van der Waals surface area contributed by atoms with E-state index in [2.05, 4.69) is 0 Å². The van der Waals surface area contributed by atoms with Crippen molar-refractivity contribution >= 4 is 28.6 Å². The molecule has 2 atom stereocenters. The first-order chi connectivity index (χ1) is 9.58. The highest BCUT2D eigenvalue weighted by atomic mass is 32.1. The summed E-state index contributed by atoms with van der Waals surface area (Å²) >= 11 is 5.00. The molecule has 0 amide bonds. The number of thiocarbonyl (C=S) groups is 1. The van der Waals surface area contributed by atoms with E-state index in [0.29, 0.717) is 11.4 Å². The molecule has 1 saturated carbocycles. The van der Waals surface area contributed by atoms with Crippen LogP contribution in [-0.2, 0) is 4.79 Å². The quantitative estimate of drug-likeness (QED) is 0.816. The predicted octanol–water partition coefficient (Wildman–Crippen LogP) is 1.98. The fraction of sp³-hybridized carbons (Fsp3) is 0.250. The van der Waals surface area contributed by atoms with Crippen molar-refractivity contribution in [2.24, 2.45) is 11.7 Å². The van der Waals surface area contributed by atoms with Gasteiger partial charge in [0.2, 0.25) is 0 Å². The molecule has 3 rings (SSSR count). The van der Waals surface area contributed by atoms with Crippen LogP contribution in [0.1, 0.15) is 24.0 Å². The van der Waals surface area contributed by atoms with Crippen LogP contribution in [0.2, 0.25) is 0 Å². The molecule has 3 N–H and O–H groups in total. The largest absolute Gasteiger partial charge is 0.389 e. The fourth-order valence-electron chi connectivity index (χ4n) is 3.00. The van der Waals surface area contributed by atoms with Crippen LogP contribution in [0.15, 0.2) is 42.0 Å². The lowest BCUT2D eigenvalue weighted by Crippen LogP contribution is -2.25. The Morgan fingerprint density at radius 3 is 2.90 bits per heavy atom. The normalized spacial score (nSPS) is 24.9. The lowest BCUT2D eigenvalue weighted by atomic mass is 9.84. The molecule has 0 radical (unpaired) electrons. The standard InChI is InChI=1S/C16H15NO2S/c17-16(20)10-3-1-2-9(8-10)11-4-6-13(18)15-12(11)5-7-14(15)19/h1-4,6,8,13,15,18H,5,7H2,(H2,17,20). The molecule has 0 aliphatic heterocycles. The number of aliphatic hydroxyl groups is 1. The molecule has 0 bridgehead atoms. The highest BCUT2D eigenvalue weighted by molar-refractivity contribution is 7.80. The van der Waals surface area contributed by atoms with E-state index in [9.17, 15) is 9.90 Å². The first-order valence-electron chi connectivity index (χ1n) is 6.60. The Labute approximate surface area is 122 Å². The molecule has 20 heavy (non-hydrogen) atoms. The van der Waals surface area contributed by atoms with Gasteiger partial charge in [0.15, 0.2) is 0 Å². The number of rotatable bonds is 2. The maximum Gasteiger partial charge on any atom is 0.143 e. The minimum absolute atomic E-state index is 0.125. The summed E-state index contributed by atoms with van der Waals surface area (Å²) in [4.78, 5) is 12.3. The number of aliphatic hydroxyl groups excluding tert-OH is 1. The van der Waals surface area contributed by atoms with Gasteiger partial charge in [-0.25, -0.2) is 0 Å². The number of fused-ring (bicyclic) bond motifs is 1. The van der Waals surface area contributed by atoms with E-state index < -0.39 is 6.10 Å². The van der Waals surface area contributed by atoms with Gasteiger partial charge >= 0.3 is 0 Å². The molecule has 3 nitrogen and oxygen atoms in total. The van der Waals surface area contributed by atoms with Gasteiger partial charge in [0, 0.05) is 12.0 Å². The van der Waals surface area contributed by atoms with Gasteiger partial charge in [-0.3, -0.25) is 4.79 Å². The van der Waals surface area contributed by atoms with Crippen molar-refractivity contribution in [3.63, 3.8) is 0 Å². The summed E-state index contributed by atoms with van der Waals surface area (Å²) < 4.78 is 0. The number of benzene rings is 1. The zero-order valence-electron chi connectivity index (χ0n) is 10.9. The topological polar surface area (TPSA) is 63.3 Å². The molecule has 0 spiro atoms. The second-order valence-corrected chi connectivity index (χ2v) is 5.62. The summed E-state index contributed by atoms with van der Waals surface area (Å²) in [6.45, 7) is 0. The SMILES string of the molecule is NC(=S)c1cccc(C2=C3CCC(=O)C3C(O)C=C2)c1. The third-order valence-electron chi connectivity index (χ3n) is 3.97.